The van der Waals surface area contributed by atoms with Gasteiger partial charge in [0.2, 0.25) is 0 Å². The van der Waals surface area contributed by atoms with Crippen LogP contribution in [-0.4, -0.2) is 19.1 Å². The maximum Gasteiger partial charge on any atom is 0.103 e. The fourth-order valence-electron chi connectivity index (χ4n) is 2.55. The number of piperidine rings is 1. The van der Waals surface area contributed by atoms with E-state index in [4.69, 9.17) is 5.26 Å². The third-order valence-electron chi connectivity index (χ3n) is 3.46. The van der Waals surface area contributed by atoms with E-state index in [1.165, 1.54) is 4.90 Å². The molecule has 1 N–H and O–H groups in total. The second kappa shape index (κ2) is 5.65. The number of carboxylic acid groups (broad SMARTS) is 1. The summed E-state index contributed by atoms with van der Waals surface area (Å²) in [6.45, 7) is 2.39. The van der Waals surface area contributed by atoms with Crippen molar-refractivity contribution in [2.24, 2.45) is 5.92 Å². The number of nitrogens with one attached hydrogen (secondary N) is 1. The van der Waals surface area contributed by atoms with Gasteiger partial charge in [-0.3, -0.25) is 0 Å². The van der Waals surface area contributed by atoms with Gasteiger partial charge >= 0.3 is 0 Å². The molecule has 1 aliphatic heterocycles. The molecule has 94 valence electrons. The first-order chi connectivity index (χ1) is 8.69. The number of hydrogen-bond acceptors (Lipinski definition) is 3. The van der Waals surface area contributed by atoms with Gasteiger partial charge in [0, 0.05) is 11.5 Å². The van der Waals surface area contributed by atoms with Crippen LogP contribution in [0.25, 0.3) is 0 Å². The molecule has 18 heavy (non-hydrogen) atoms. The molecule has 1 aliphatic rings. The van der Waals surface area contributed by atoms with Crippen molar-refractivity contribution in [3.63, 3.8) is 0 Å². The molecule has 1 fully saturated rings. The molecule has 1 aromatic rings. The Balaban J connectivity index is 2.00. The zero-order valence-electron chi connectivity index (χ0n) is 10.2. The summed E-state index contributed by atoms with van der Waals surface area (Å²) in [5.41, 5.74) is 1.74. The highest BCUT2D eigenvalue weighted by Gasteiger charge is 2.23. The summed E-state index contributed by atoms with van der Waals surface area (Å²) in [6.07, 6.45) is 1.65. The Morgan fingerprint density at radius 1 is 1.56 bits per heavy atom. The first kappa shape index (κ1) is 12.6. The number of quaternary nitrogens is 1. The number of carboxylic acids is 1. The molecule has 0 aliphatic carbocycles. The van der Waals surface area contributed by atoms with Crippen LogP contribution in [0.15, 0.2) is 24.3 Å². The number of aliphatic carboxylic acids is 1. The van der Waals surface area contributed by atoms with Crippen LogP contribution in [0.5, 0.6) is 0 Å². The zero-order valence-corrected chi connectivity index (χ0v) is 10.2. The van der Waals surface area contributed by atoms with E-state index in [0.717, 1.165) is 31.5 Å². The Bertz CT molecular complexity index is 479. The molecular formula is C14H16N2O2. The van der Waals surface area contributed by atoms with Crippen LogP contribution in [0.3, 0.4) is 0 Å². The van der Waals surface area contributed by atoms with E-state index in [0.29, 0.717) is 12.1 Å². The Morgan fingerprint density at radius 3 is 3.11 bits per heavy atom. The molecule has 0 radical (unpaired) electrons. The van der Waals surface area contributed by atoms with Gasteiger partial charge in [-0.25, -0.2) is 0 Å². The highest BCUT2D eigenvalue weighted by Crippen LogP contribution is 2.07. The number of likely N-dealkylation sites (tertiary alicyclic amines) is 1. The van der Waals surface area contributed by atoms with E-state index in [1.807, 2.05) is 18.2 Å². The summed E-state index contributed by atoms with van der Waals surface area (Å²) < 4.78 is 0. The Labute approximate surface area is 106 Å². The lowest BCUT2D eigenvalue weighted by atomic mass is 9.98. The van der Waals surface area contributed by atoms with Gasteiger partial charge in [-0.2, -0.15) is 5.26 Å². The lowest BCUT2D eigenvalue weighted by Gasteiger charge is -2.30. The lowest BCUT2D eigenvalue weighted by molar-refractivity contribution is -0.921. The van der Waals surface area contributed by atoms with Gasteiger partial charge in [-0.05, 0) is 25.0 Å². The normalized spacial score (nSPS) is 23.3. The van der Waals surface area contributed by atoms with Crippen molar-refractivity contribution in [2.45, 2.75) is 19.4 Å². The van der Waals surface area contributed by atoms with Crippen LogP contribution >= 0.6 is 0 Å². The fourth-order valence-corrected chi connectivity index (χ4v) is 2.55. The number of hydrogen-bond donors (Lipinski definition) is 1. The predicted octanol–water partition coefficient (Wildman–Crippen LogP) is -0.897. The average molecular weight is 244 g/mol. The van der Waals surface area contributed by atoms with E-state index in [9.17, 15) is 9.90 Å². The minimum atomic E-state index is -0.932. The SMILES string of the molecule is N#Cc1cccc(C[NH+]2CCC[C@@H](C(=O)[O-])C2)c1. The van der Waals surface area contributed by atoms with Gasteiger partial charge in [0.25, 0.3) is 0 Å². The van der Waals surface area contributed by atoms with Gasteiger partial charge in [0.05, 0.1) is 30.7 Å². The summed E-state index contributed by atoms with van der Waals surface area (Å²) >= 11 is 0. The summed E-state index contributed by atoms with van der Waals surface area (Å²) in [5, 5.41) is 19.7. The van der Waals surface area contributed by atoms with Crippen molar-refractivity contribution in [2.75, 3.05) is 13.1 Å². The fraction of sp³-hybridized carbons (Fsp3) is 0.429. The van der Waals surface area contributed by atoms with Crippen molar-refractivity contribution in [1.82, 2.24) is 0 Å². The Kier molecular flexibility index (Phi) is 3.96. The molecule has 2 atom stereocenters. The first-order valence-corrected chi connectivity index (χ1v) is 6.22. The number of benzene rings is 1. The maximum atomic E-state index is 10.9. The molecule has 0 amide bonds. The van der Waals surface area contributed by atoms with E-state index in [-0.39, 0.29) is 5.92 Å². The standard InChI is InChI=1S/C14H16N2O2/c15-8-11-3-1-4-12(7-11)9-16-6-2-5-13(10-16)14(17)18/h1,3-4,7,13H,2,5-6,9-10H2,(H,17,18)/t13-/m1/s1. The molecule has 1 saturated heterocycles. The number of nitriles is 1. The summed E-state index contributed by atoms with van der Waals surface area (Å²) in [4.78, 5) is 12.1. The monoisotopic (exact) mass is 244 g/mol. The van der Waals surface area contributed by atoms with Crippen LogP contribution < -0.4 is 10.0 Å². The van der Waals surface area contributed by atoms with Gasteiger partial charge in [-0.15, -0.1) is 0 Å². The number of rotatable bonds is 3. The van der Waals surface area contributed by atoms with Crippen molar-refractivity contribution in [3.8, 4) is 6.07 Å². The highest BCUT2D eigenvalue weighted by molar-refractivity contribution is 5.67. The third kappa shape index (κ3) is 3.08. The molecule has 0 bridgehead atoms. The Morgan fingerprint density at radius 2 is 2.39 bits per heavy atom. The van der Waals surface area contributed by atoms with E-state index < -0.39 is 5.97 Å². The predicted molar refractivity (Wildman–Crippen MR) is 63.3 cm³/mol. The third-order valence-corrected chi connectivity index (χ3v) is 3.46. The summed E-state index contributed by atoms with van der Waals surface area (Å²) in [5.74, 6) is -1.26. The molecule has 1 aromatic carbocycles. The lowest BCUT2D eigenvalue weighted by Crippen LogP contribution is -3.12. The Hall–Kier alpha value is -1.86. The molecule has 0 spiro atoms. The van der Waals surface area contributed by atoms with E-state index in [1.54, 1.807) is 6.07 Å². The van der Waals surface area contributed by atoms with Crippen LogP contribution in [-0.2, 0) is 11.3 Å². The van der Waals surface area contributed by atoms with E-state index in [2.05, 4.69) is 6.07 Å². The first-order valence-electron chi connectivity index (χ1n) is 6.22. The van der Waals surface area contributed by atoms with Gasteiger partial charge in [0.15, 0.2) is 0 Å². The topological polar surface area (TPSA) is 68.4 Å². The number of nitrogens with zero attached hydrogens (tertiary/aromatic N) is 1. The molecule has 1 heterocycles. The number of carbonyl (C=O) groups is 1. The molecule has 0 saturated carbocycles. The van der Waals surface area contributed by atoms with Gasteiger partial charge in [0.1, 0.15) is 6.54 Å². The summed E-state index contributed by atoms with van der Waals surface area (Å²) in [6, 6.07) is 9.62. The minimum absolute atomic E-state index is 0.326. The van der Waals surface area contributed by atoms with Crippen LogP contribution in [0.2, 0.25) is 0 Å². The maximum absolute atomic E-state index is 10.9. The zero-order chi connectivity index (χ0) is 13.0. The molecule has 4 nitrogen and oxygen atoms in total. The molecule has 1 unspecified atom stereocenters. The van der Waals surface area contributed by atoms with Crippen molar-refractivity contribution >= 4 is 5.97 Å². The highest BCUT2D eigenvalue weighted by atomic mass is 16.4. The van der Waals surface area contributed by atoms with Crippen molar-refractivity contribution in [1.29, 1.82) is 5.26 Å². The molecule has 4 heteroatoms. The smallest absolute Gasteiger partial charge is 0.103 e. The summed E-state index contributed by atoms with van der Waals surface area (Å²) in [7, 11) is 0. The molecule has 2 rings (SSSR count). The largest absolute Gasteiger partial charge is 0.550 e. The van der Waals surface area contributed by atoms with Gasteiger partial charge in [-0.1, -0.05) is 12.1 Å². The average Bonchev–Trinajstić information content (AvgIpc) is 2.39. The van der Waals surface area contributed by atoms with Crippen LogP contribution in [0.1, 0.15) is 24.0 Å². The molecule has 0 aromatic heterocycles. The van der Waals surface area contributed by atoms with Crippen molar-refractivity contribution in [3.05, 3.63) is 35.4 Å². The second-order valence-electron chi connectivity index (χ2n) is 4.85. The van der Waals surface area contributed by atoms with Crippen molar-refractivity contribution < 1.29 is 14.8 Å². The van der Waals surface area contributed by atoms with E-state index >= 15 is 0 Å². The molecular weight excluding hydrogens is 228 g/mol. The quantitative estimate of drug-likeness (QED) is 0.749. The van der Waals surface area contributed by atoms with Crippen LogP contribution in [0.4, 0.5) is 0 Å². The second-order valence-corrected chi connectivity index (χ2v) is 4.85. The number of carbonyl (C=O) groups excluding carboxylic acids is 1. The van der Waals surface area contributed by atoms with Gasteiger partial charge < -0.3 is 14.8 Å². The van der Waals surface area contributed by atoms with Crippen LogP contribution in [0, 0.1) is 17.2 Å². The minimum Gasteiger partial charge on any atom is -0.550 e.